The van der Waals surface area contributed by atoms with Crippen LogP contribution in [-0.2, 0) is 9.53 Å². The van der Waals surface area contributed by atoms with Gasteiger partial charge in [-0.2, -0.15) is 0 Å². The number of rotatable bonds is 5. The number of ether oxygens (including phenoxy) is 2. The molecule has 18 heavy (non-hydrogen) atoms. The Morgan fingerprint density at radius 2 is 1.89 bits per heavy atom. The summed E-state index contributed by atoms with van der Waals surface area (Å²) in [6, 6.07) is 7.83. The van der Waals surface area contributed by atoms with Gasteiger partial charge in [-0.3, -0.25) is 0 Å². The van der Waals surface area contributed by atoms with Gasteiger partial charge in [0.15, 0.2) is 0 Å². The van der Waals surface area contributed by atoms with Gasteiger partial charge < -0.3 is 9.47 Å². The summed E-state index contributed by atoms with van der Waals surface area (Å²) in [7, 11) is 0. The fraction of sp³-hybridized carbons (Fsp3) is 0.400. The molecule has 98 valence electrons. The maximum Gasteiger partial charge on any atom is 0.336 e. The first kappa shape index (κ1) is 14.3. The molecular formula is C15H20O3. The molecule has 0 saturated carbocycles. The second-order valence-corrected chi connectivity index (χ2v) is 4.36. The summed E-state index contributed by atoms with van der Waals surface area (Å²) in [6.07, 6.45) is 1.42. The van der Waals surface area contributed by atoms with Crippen LogP contribution in [0.2, 0.25) is 0 Å². The molecule has 0 aliphatic carbocycles. The minimum absolute atomic E-state index is 0.351. The lowest BCUT2D eigenvalue weighted by Crippen LogP contribution is -2.06. The fourth-order valence-electron chi connectivity index (χ4n) is 1.38. The molecular weight excluding hydrogens is 228 g/mol. The van der Waals surface area contributed by atoms with Crippen LogP contribution >= 0.6 is 0 Å². The van der Waals surface area contributed by atoms with E-state index in [2.05, 4.69) is 13.8 Å². The van der Waals surface area contributed by atoms with E-state index in [1.807, 2.05) is 24.3 Å². The van der Waals surface area contributed by atoms with Crippen LogP contribution in [0.3, 0.4) is 0 Å². The molecule has 0 bridgehead atoms. The Morgan fingerprint density at radius 1 is 1.28 bits per heavy atom. The van der Waals surface area contributed by atoms with E-state index in [4.69, 9.17) is 9.47 Å². The minimum atomic E-state index is -0.351. The van der Waals surface area contributed by atoms with Crippen molar-refractivity contribution in [2.45, 2.75) is 33.6 Å². The van der Waals surface area contributed by atoms with Crippen LogP contribution in [0.5, 0.6) is 5.75 Å². The lowest BCUT2D eigenvalue weighted by Gasteiger charge is -2.07. The van der Waals surface area contributed by atoms with Gasteiger partial charge in [0.1, 0.15) is 12.0 Å². The molecule has 0 heterocycles. The van der Waals surface area contributed by atoms with E-state index in [0.717, 1.165) is 0 Å². The number of esters is 1. The number of hydrogen-bond donors (Lipinski definition) is 0. The van der Waals surface area contributed by atoms with Crippen molar-refractivity contribution in [1.29, 1.82) is 0 Å². The molecule has 0 aliphatic rings. The molecule has 0 unspecified atom stereocenters. The predicted molar refractivity (Wildman–Crippen MR) is 71.5 cm³/mol. The monoisotopic (exact) mass is 248 g/mol. The molecule has 1 aromatic carbocycles. The number of carbonyl (C=O) groups is 1. The Morgan fingerprint density at radius 3 is 2.39 bits per heavy atom. The first-order valence-corrected chi connectivity index (χ1v) is 6.15. The standard InChI is InChI=1S/C15H20O3/c1-5-17-15(16)12(4)10-18-14-8-6-13(7-9-14)11(2)3/h6-11H,5H2,1-4H3. The van der Waals surface area contributed by atoms with Crippen molar-refractivity contribution in [1.82, 2.24) is 0 Å². The summed E-state index contributed by atoms with van der Waals surface area (Å²) in [5.74, 6) is 0.857. The van der Waals surface area contributed by atoms with Crippen molar-refractivity contribution in [2.24, 2.45) is 0 Å². The molecule has 0 amide bonds. The van der Waals surface area contributed by atoms with Gasteiger partial charge in [-0.25, -0.2) is 4.79 Å². The smallest absolute Gasteiger partial charge is 0.336 e. The van der Waals surface area contributed by atoms with Crippen LogP contribution < -0.4 is 4.74 Å². The van der Waals surface area contributed by atoms with Crippen LogP contribution in [0.1, 0.15) is 39.2 Å². The predicted octanol–water partition coefficient (Wildman–Crippen LogP) is 3.66. The van der Waals surface area contributed by atoms with Crippen molar-refractivity contribution in [3.63, 3.8) is 0 Å². The summed E-state index contributed by atoms with van der Waals surface area (Å²) >= 11 is 0. The van der Waals surface area contributed by atoms with Gasteiger partial charge >= 0.3 is 5.97 Å². The van der Waals surface area contributed by atoms with Crippen LogP contribution in [0, 0.1) is 0 Å². The Labute approximate surface area is 108 Å². The third-order valence-corrected chi connectivity index (χ3v) is 2.52. The maximum absolute atomic E-state index is 11.3. The molecule has 3 heteroatoms. The van der Waals surface area contributed by atoms with Gasteiger partial charge in [0.05, 0.1) is 12.2 Å². The van der Waals surface area contributed by atoms with Gasteiger partial charge in [-0.1, -0.05) is 26.0 Å². The van der Waals surface area contributed by atoms with E-state index >= 15 is 0 Å². The fourth-order valence-corrected chi connectivity index (χ4v) is 1.38. The summed E-state index contributed by atoms with van der Waals surface area (Å²) in [5, 5.41) is 0. The van der Waals surface area contributed by atoms with Crippen LogP contribution in [-0.4, -0.2) is 12.6 Å². The van der Waals surface area contributed by atoms with Crippen molar-refractivity contribution < 1.29 is 14.3 Å². The van der Waals surface area contributed by atoms with Crippen molar-refractivity contribution >= 4 is 5.97 Å². The minimum Gasteiger partial charge on any atom is -0.464 e. The van der Waals surface area contributed by atoms with Gasteiger partial charge in [-0.05, 0) is 37.5 Å². The maximum atomic E-state index is 11.3. The number of benzene rings is 1. The average molecular weight is 248 g/mol. The van der Waals surface area contributed by atoms with E-state index < -0.39 is 0 Å². The molecule has 0 atom stereocenters. The van der Waals surface area contributed by atoms with Gasteiger partial charge in [0, 0.05) is 0 Å². The third kappa shape index (κ3) is 4.24. The molecule has 1 rings (SSSR count). The first-order chi connectivity index (χ1) is 8.54. The number of carbonyl (C=O) groups excluding carboxylic acids is 1. The van der Waals surface area contributed by atoms with Crippen molar-refractivity contribution in [3.8, 4) is 5.75 Å². The van der Waals surface area contributed by atoms with Gasteiger partial charge in [-0.15, -0.1) is 0 Å². The molecule has 0 radical (unpaired) electrons. The molecule has 0 saturated heterocycles. The Balaban J connectivity index is 2.63. The zero-order valence-electron chi connectivity index (χ0n) is 11.4. The van der Waals surface area contributed by atoms with Crippen LogP contribution in [0.25, 0.3) is 0 Å². The normalized spacial score (nSPS) is 11.5. The highest BCUT2D eigenvalue weighted by atomic mass is 16.5. The van der Waals surface area contributed by atoms with Crippen molar-refractivity contribution in [3.05, 3.63) is 41.7 Å². The Bertz CT molecular complexity index is 416. The average Bonchev–Trinajstić information content (AvgIpc) is 2.36. The number of hydrogen-bond acceptors (Lipinski definition) is 3. The SMILES string of the molecule is CCOC(=O)C(C)=COc1ccc(C(C)C)cc1. The van der Waals surface area contributed by atoms with Crippen molar-refractivity contribution in [2.75, 3.05) is 6.61 Å². The zero-order chi connectivity index (χ0) is 13.5. The van der Waals surface area contributed by atoms with Gasteiger partial charge in [0.25, 0.3) is 0 Å². The van der Waals surface area contributed by atoms with E-state index in [9.17, 15) is 4.79 Å². The molecule has 0 fully saturated rings. The Hall–Kier alpha value is -1.77. The summed E-state index contributed by atoms with van der Waals surface area (Å²) < 4.78 is 10.3. The Kier molecular flexibility index (Phi) is 5.43. The molecule has 0 spiro atoms. The highest BCUT2D eigenvalue weighted by molar-refractivity contribution is 5.87. The lowest BCUT2D eigenvalue weighted by molar-refractivity contribution is -0.138. The highest BCUT2D eigenvalue weighted by Gasteiger charge is 2.05. The van der Waals surface area contributed by atoms with Gasteiger partial charge in [0.2, 0.25) is 0 Å². The lowest BCUT2D eigenvalue weighted by atomic mass is 10.0. The summed E-state index contributed by atoms with van der Waals surface area (Å²) in [4.78, 5) is 11.3. The topological polar surface area (TPSA) is 35.5 Å². The molecule has 1 aromatic rings. The van der Waals surface area contributed by atoms with E-state index in [1.54, 1.807) is 13.8 Å². The largest absolute Gasteiger partial charge is 0.464 e. The molecule has 0 aromatic heterocycles. The summed E-state index contributed by atoms with van der Waals surface area (Å²) in [6.45, 7) is 8.09. The van der Waals surface area contributed by atoms with E-state index in [1.165, 1.54) is 11.8 Å². The second kappa shape index (κ2) is 6.84. The quantitative estimate of drug-likeness (QED) is 0.453. The van der Waals surface area contributed by atoms with Crippen LogP contribution in [0.4, 0.5) is 0 Å². The molecule has 3 nitrogen and oxygen atoms in total. The zero-order valence-corrected chi connectivity index (χ0v) is 11.4. The second-order valence-electron chi connectivity index (χ2n) is 4.36. The van der Waals surface area contributed by atoms with E-state index in [-0.39, 0.29) is 5.97 Å². The summed E-state index contributed by atoms with van der Waals surface area (Å²) in [5.41, 5.74) is 1.71. The third-order valence-electron chi connectivity index (χ3n) is 2.52. The highest BCUT2D eigenvalue weighted by Crippen LogP contribution is 2.19. The molecule has 0 N–H and O–H groups in total. The first-order valence-electron chi connectivity index (χ1n) is 6.15. The van der Waals surface area contributed by atoms with Crippen LogP contribution in [0.15, 0.2) is 36.1 Å². The van der Waals surface area contributed by atoms with E-state index in [0.29, 0.717) is 23.8 Å². The molecule has 0 aliphatic heterocycles.